The molecule has 118 valence electrons. The summed E-state index contributed by atoms with van der Waals surface area (Å²) in [4.78, 5) is 0. The van der Waals surface area contributed by atoms with Gasteiger partial charge in [-0.15, -0.1) is 0 Å². The number of hydrogen-bond acceptors (Lipinski definition) is 3. The van der Waals surface area contributed by atoms with Gasteiger partial charge in [-0.2, -0.15) is 4.31 Å². The molecule has 0 radical (unpaired) electrons. The van der Waals surface area contributed by atoms with Crippen LogP contribution in [0.5, 0.6) is 0 Å². The molecule has 0 unspecified atom stereocenters. The minimum atomic E-state index is -3.39. The lowest BCUT2D eigenvalue weighted by Gasteiger charge is -2.31. The van der Waals surface area contributed by atoms with Crippen LogP contribution in [0.25, 0.3) is 0 Å². The molecule has 0 aliphatic carbocycles. The molecule has 4 nitrogen and oxygen atoms in total. The highest BCUT2D eigenvalue weighted by Gasteiger charge is 2.43. The first-order valence-electron chi connectivity index (χ1n) is 7.45. The Bertz CT molecular complexity index is 563. The quantitative estimate of drug-likeness (QED) is 0.927. The molecule has 0 bridgehead atoms. The van der Waals surface area contributed by atoms with Gasteiger partial charge in [0, 0.05) is 12.6 Å². The second-order valence-corrected chi connectivity index (χ2v) is 9.40. The number of β-amino-alcohol motifs (C(OH)–C–C–N with tert-alkyl or cyclic N) is 1. The topological polar surface area (TPSA) is 57.6 Å². The molecule has 1 aromatic carbocycles. The summed E-state index contributed by atoms with van der Waals surface area (Å²) in [7, 11) is -3.39. The Hall–Kier alpha value is -0.910. The summed E-state index contributed by atoms with van der Waals surface area (Å²) in [6.45, 7) is 5.35. The smallest absolute Gasteiger partial charge is 0.219 e. The van der Waals surface area contributed by atoms with Crippen molar-refractivity contribution in [3.63, 3.8) is 0 Å². The minimum absolute atomic E-state index is 0.107. The first kappa shape index (κ1) is 16.5. The van der Waals surface area contributed by atoms with E-state index in [1.165, 1.54) is 9.87 Å². The monoisotopic (exact) mass is 311 g/mol. The van der Waals surface area contributed by atoms with E-state index >= 15 is 0 Å². The van der Waals surface area contributed by atoms with Gasteiger partial charge < -0.3 is 5.11 Å². The molecule has 2 atom stereocenters. The molecule has 1 saturated heterocycles. The van der Waals surface area contributed by atoms with E-state index in [1.54, 1.807) is 20.8 Å². The molecule has 2 rings (SSSR count). The zero-order valence-electron chi connectivity index (χ0n) is 13.0. The van der Waals surface area contributed by atoms with Crippen LogP contribution in [0.15, 0.2) is 30.3 Å². The number of aryl methyl sites for hydroxylation is 1. The maximum absolute atomic E-state index is 12.6. The molecule has 0 saturated carbocycles. The van der Waals surface area contributed by atoms with Gasteiger partial charge in [-0.25, -0.2) is 8.42 Å². The van der Waals surface area contributed by atoms with E-state index in [2.05, 4.69) is 0 Å². The van der Waals surface area contributed by atoms with Crippen LogP contribution in [0.1, 0.15) is 39.2 Å². The molecular weight excluding hydrogens is 286 g/mol. The lowest BCUT2D eigenvalue weighted by Crippen LogP contribution is -2.45. The number of sulfonamides is 1. The number of nitrogens with zero attached hydrogens (tertiary/aromatic N) is 1. The van der Waals surface area contributed by atoms with Crippen LogP contribution in [0.2, 0.25) is 0 Å². The summed E-state index contributed by atoms with van der Waals surface area (Å²) >= 11 is 0. The van der Waals surface area contributed by atoms with Gasteiger partial charge in [0.15, 0.2) is 0 Å². The molecule has 1 N–H and O–H groups in total. The average molecular weight is 311 g/mol. The third-order valence-electron chi connectivity index (χ3n) is 4.03. The van der Waals surface area contributed by atoms with E-state index < -0.39 is 20.9 Å². The SMILES string of the molecule is CC(C)(C)S(=O)(=O)N1C[C@H](O)C[C@@H]1CCc1ccccc1. The summed E-state index contributed by atoms with van der Waals surface area (Å²) in [6.07, 6.45) is 1.55. The van der Waals surface area contributed by atoms with Gasteiger partial charge in [-0.1, -0.05) is 30.3 Å². The summed E-state index contributed by atoms with van der Waals surface area (Å²) in [5.41, 5.74) is 1.20. The van der Waals surface area contributed by atoms with Crippen LogP contribution in [-0.2, 0) is 16.4 Å². The molecule has 0 amide bonds. The van der Waals surface area contributed by atoms with Crippen LogP contribution in [0, 0.1) is 0 Å². The Labute approximate surface area is 127 Å². The maximum Gasteiger partial charge on any atom is 0.219 e. The molecule has 1 fully saturated rings. The van der Waals surface area contributed by atoms with Crippen LogP contribution >= 0.6 is 0 Å². The van der Waals surface area contributed by atoms with Crippen LogP contribution < -0.4 is 0 Å². The molecule has 0 aromatic heterocycles. The number of hydrogen-bond donors (Lipinski definition) is 1. The fraction of sp³-hybridized carbons (Fsp3) is 0.625. The van der Waals surface area contributed by atoms with E-state index in [0.717, 1.165) is 12.8 Å². The second-order valence-electron chi connectivity index (χ2n) is 6.75. The Morgan fingerprint density at radius 2 is 1.86 bits per heavy atom. The van der Waals surface area contributed by atoms with Crippen molar-refractivity contribution in [2.75, 3.05) is 6.54 Å². The zero-order chi connectivity index (χ0) is 15.7. The molecule has 21 heavy (non-hydrogen) atoms. The summed E-state index contributed by atoms with van der Waals surface area (Å²) in [5.74, 6) is 0. The number of rotatable bonds is 4. The Morgan fingerprint density at radius 1 is 1.24 bits per heavy atom. The summed E-state index contributed by atoms with van der Waals surface area (Å²) in [6, 6.07) is 9.94. The summed E-state index contributed by atoms with van der Waals surface area (Å²) < 4.78 is 26.0. The lowest BCUT2D eigenvalue weighted by molar-refractivity contribution is 0.188. The van der Waals surface area contributed by atoms with Gasteiger partial charge in [0.2, 0.25) is 10.0 Å². The second kappa shape index (κ2) is 6.07. The van der Waals surface area contributed by atoms with Crippen LogP contribution in [0.3, 0.4) is 0 Å². The first-order valence-corrected chi connectivity index (χ1v) is 8.89. The minimum Gasteiger partial charge on any atom is -0.392 e. The predicted molar refractivity (Wildman–Crippen MR) is 84.6 cm³/mol. The van der Waals surface area contributed by atoms with Crippen molar-refractivity contribution in [1.82, 2.24) is 4.31 Å². The highest BCUT2D eigenvalue weighted by molar-refractivity contribution is 7.90. The molecule has 1 aliphatic heterocycles. The maximum atomic E-state index is 12.6. The zero-order valence-corrected chi connectivity index (χ0v) is 13.8. The third kappa shape index (κ3) is 3.65. The van der Waals surface area contributed by atoms with Crippen LogP contribution in [0.4, 0.5) is 0 Å². The van der Waals surface area contributed by atoms with Crippen molar-refractivity contribution >= 4 is 10.0 Å². The fourth-order valence-electron chi connectivity index (χ4n) is 2.75. The molecular formula is C16H25NO3S. The van der Waals surface area contributed by atoms with E-state index in [4.69, 9.17) is 0 Å². The number of aliphatic hydroxyl groups excluding tert-OH is 1. The number of benzene rings is 1. The van der Waals surface area contributed by atoms with E-state index in [9.17, 15) is 13.5 Å². The normalized spacial score (nSPS) is 24.4. The molecule has 1 heterocycles. The predicted octanol–water partition coefficient (Wildman–Crippen LogP) is 2.18. The van der Waals surface area contributed by atoms with Crippen molar-refractivity contribution in [3.8, 4) is 0 Å². The van der Waals surface area contributed by atoms with Gasteiger partial charge in [0.25, 0.3) is 0 Å². The Morgan fingerprint density at radius 3 is 2.43 bits per heavy atom. The van der Waals surface area contributed by atoms with Gasteiger partial charge in [0.1, 0.15) is 0 Å². The third-order valence-corrected chi connectivity index (χ3v) is 6.65. The molecule has 5 heteroatoms. The van der Waals surface area contributed by atoms with E-state index in [-0.39, 0.29) is 12.6 Å². The summed E-state index contributed by atoms with van der Waals surface area (Å²) in [5, 5.41) is 9.89. The largest absolute Gasteiger partial charge is 0.392 e. The Balaban J connectivity index is 2.11. The van der Waals surface area contributed by atoms with Crippen molar-refractivity contribution in [3.05, 3.63) is 35.9 Å². The van der Waals surface area contributed by atoms with Crippen molar-refractivity contribution in [2.45, 2.75) is 56.9 Å². The van der Waals surface area contributed by atoms with E-state index in [0.29, 0.717) is 6.42 Å². The van der Waals surface area contributed by atoms with Crippen molar-refractivity contribution in [1.29, 1.82) is 0 Å². The van der Waals surface area contributed by atoms with Gasteiger partial charge in [0.05, 0.1) is 10.9 Å². The van der Waals surface area contributed by atoms with Gasteiger partial charge in [-0.3, -0.25) is 0 Å². The Kier molecular flexibility index (Phi) is 4.76. The average Bonchev–Trinajstić information content (AvgIpc) is 2.78. The molecule has 1 aromatic rings. The first-order chi connectivity index (χ1) is 9.72. The number of aliphatic hydroxyl groups is 1. The molecule has 1 aliphatic rings. The van der Waals surface area contributed by atoms with Gasteiger partial charge in [-0.05, 0) is 45.6 Å². The van der Waals surface area contributed by atoms with Crippen LogP contribution in [-0.4, -0.2) is 41.3 Å². The lowest BCUT2D eigenvalue weighted by atomic mass is 10.0. The van der Waals surface area contributed by atoms with Crippen molar-refractivity contribution in [2.24, 2.45) is 0 Å². The fourth-order valence-corrected chi connectivity index (χ4v) is 4.40. The standard InChI is InChI=1S/C16H25NO3S/c1-16(2,3)21(19,20)17-12-15(18)11-14(17)10-9-13-7-5-4-6-8-13/h4-8,14-15,18H,9-12H2,1-3H3/t14-,15+/m0/s1. The van der Waals surface area contributed by atoms with Gasteiger partial charge >= 0.3 is 0 Å². The molecule has 0 spiro atoms. The highest BCUT2D eigenvalue weighted by atomic mass is 32.2. The van der Waals surface area contributed by atoms with E-state index in [1.807, 2.05) is 30.3 Å². The highest BCUT2D eigenvalue weighted by Crippen LogP contribution is 2.31. The van der Waals surface area contributed by atoms with Crippen molar-refractivity contribution < 1.29 is 13.5 Å².